The SMILES string of the molecule is O[C@@H](CNCc1cn[nH]c1-c1cccnc1)COc1ccccc1. The standard InChI is InChI=1S/C18H20N4O2/c23-16(13-24-17-6-2-1-3-7-17)12-20-10-15-11-21-22-18(15)14-5-4-8-19-9-14/h1-9,11,16,20,23H,10,12-13H2,(H,21,22)/t16-/m0/s1. The number of para-hydroxylation sites is 1. The number of hydrogen-bond acceptors (Lipinski definition) is 5. The van der Waals surface area contributed by atoms with Crippen LogP contribution in [0.3, 0.4) is 0 Å². The lowest BCUT2D eigenvalue weighted by Crippen LogP contribution is -2.31. The van der Waals surface area contributed by atoms with Gasteiger partial charge in [0.1, 0.15) is 18.5 Å². The molecule has 3 rings (SSSR count). The first-order valence-corrected chi connectivity index (χ1v) is 7.82. The summed E-state index contributed by atoms with van der Waals surface area (Å²) >= 11 is 0. The molecule has 3 N–H and O–H groups in total. The van der Waals surface area contributed by atoms with E-state index in [1.165, 1.54) is 0 Å². The molecule has 1 atom stereocenters. The summed E-state index contributed by atoms with van der Waals surface area (Å²) in [6.07, 6.45) is 4.72. The highest BCUT2D eigenvalue weighted by Crippen LogP contribution is 2.19. The predicted octanol–water partition coefficient (Wildman–Crippen LogP) is 2.00. The fourth-order valence-corrected chi connectivity index (χ4v) is 2.35. The van der Waals surface area contributed by atoms with Gasteiger partial charge in [-0.3, -0.25) is 10.1 Å². The fourth-order valence-electron chi connectivity index (χ4n) is 2.35. The van der Waals surface area contributed by atoms with Gasteiger partial charge in [-0.2, -0.15) is 5.10 Å². The zero-order chi connectivity index (χ0) is 16.6. The molecule has 0 aliphatic heterocycles. The van der Waals surface area contributed by atoms with Crippen molar-refractivity contribution in [3.63, 3.8) is 0 Å². The average Bonchev–Trinajstić information content (AvgIpc) is 3.10. The minimum Gasteiger partial charge on any atom is -0.491 e. The Bertz CT molecular complexity index is 731. The van der Waals surface area contributed by atoms with E-state index in [2.05, 4.69) is 20.5 Å². The van der Waals surface area contributed by atoms with Gasteiger partial charge in [-0.1, -0.05) is 18.2 Å². The van der Waals surface area contributed by atoms with Gasteiger partial charge in [-0.05, 0) is 24.3 Å². The highest BCUT2D eigenvalue weighted by Gasteiger charge is 2.09. The van der Waals surface area contributed by atoms with Gasteiger partial charge in [0.15, 0.2) is 0 Å². The smallest absolute Gasteiger partial charge is 0.119 e. The topological polar surface area (TPSA) is 83.1 Å². The van der Waals surface area contributed by atoms with Crippen LogP contribution in [0.25, 0.3) is 11.3 Å². The molecule has 0 unspecified atom stereocenters. The van der Waals surface area contributed by atoms with Gasteiger partial charge in [0.2, 0.25) is 0 Å². The monoisotopic (exact) mass is 324 g/mol. The minimum atomic E-state index is -0.584. The minimum absolute atomic E-state index is 0.248. The Hall–Kier alpha value is -2.70. The fraction of sp³-hybridized carbons (Fsp3) is 0.222. The predicted molar refractivity (Wildman–Crippen MR) is 91.5 cm³/mol. The number of aromatic nitrogens is 3. The van der Waals surface area contributed by atoms with Crippen molar-refractivity contribution in [2.45, 2.75) is 12.6 Å². The highest BCUT2D eigenvalue weighted by atomic mass is 16.5. The van der Waals surface area contributed by atoms with Gasteiger partial charge in [0.05, 0.1) is 11.9 Å². The van der Waals surface area contributed by atoms with Crippen molar-refractivity contribution >= 4 is 0 Å². The molecule has 0 saturated heterocycles. The van der Waals surface area contributed by atoms with Crippen molar-refractivity contribution in [1.82, 2.24) is 20.5 Å². The molecule has 0 aliphatic rings. The number of aliphatic hydroxyl groups excluding tert-OH is 1. The van der Waals surface area contributed by atoms with E-state index in [0.29, 0.717) is 13.1 Å². The van der Waals surface area contributed by atoms with Crippen molar-refractivity contribution in [3.05, 3.63) is 66.6 Å². The maximum absolute atomic E-state index is 10.0. The molecule has 0 saturated carbocycles. The molecule has 1 aromatic carbocycles. The molecule has 0 bridgehead atoms. The molecule has 3 aromatic rings. The van der Waals surface area contributed by atoms with E-state index >= 15 is 0 Å². The normalized spacial score (nSPS) is 12.0. The van der Waals surface area contributed by atoms with Crippen LogP contribution in [0.15, 0.2) is 61.1 Å². The summed E-state index contributed by atoms with van der Waals surface area (Å²) in [6.45, 7) is 1.28. The highest BCUT2D eigenvalue weighted by molar-refractivity contribution is 5.61. The van der Waals surface area contributed by atoms with Crippen LogP contribution in [-0.2, 0) is 6.54 Å². The van der Waals surface area contributed by atoms with Gasteiger partial charge in [-0.15, -0.1) is 0 Å². The quantitative estimate of drug-likeness (QED) is 0.590. The van der Waals surface area contributed by atoms with Gasteiger partial charge in [0, 0.05) is 36.6 Å². The van der Waals surface area contributed by atoms with Crippen LogP contribution >= 0.6 is 0 Å². The molecule has 24 heavy (non-hydrogen) atoms. The molecular formula is C18H20N4O2. The number of aliphatic hydroxyl groups is 1. The first-order valence-electron chi connectivity index (χ1n) is 7.82. The van der Waals surface area contributed by atoms with E-state index in [4.69, 9.17) is 4.74 Å². The van der Waals surface area contributed by atoms with Crippen molar-refractivity contribution in [2.24, 2.45) is 0 Å². The van der Waals surface area contributed by atoms with Crippen molar-refractivity contribution in [3.8, 4) is 17.0 Å². The second-order valence-electron chi connectivity index (χ2n) is 5.42. The van der Waals surface area contributed by atoms with E-state index in [-0.39, 0.29) is 6.61 Å². The number of hydrogen-bond donors (Lipinski definition) is 3. The molecule has 0 amide bonds. The molecular weight excluding hydrogens is 304 g/mol. The molecule has 124 valence electrons. The molecule has 6 heteroatoms. The Morgan fingerprint density at radius 3 is 2.79 bits per heavy atom. The Labute approximate surface area is 140 Å². The summed E-state index contributed by atoms with van der Waals surface area (Å²) in [5.41, 5.74) is 2.95. The molecule has 0 spiro atoms. The van der Waals surface area contributed by atoms with Crippen LogP contribution in [0.5, 0.6) is 5.75 Å². The van der Waals surface area contributed by atoms with E-state index in [0.717, 1.165) is 22.6 Å². The number of pyridine rings is 1. The number of rotatable bonds is 8. The third-order valence-electron chi connectivity index (χ3n) is 3.55. The maximum atomic E-state index is 10.0. The Balaban J connectivity index is 1.46. The Kier molecular flexibility index (Phi) is 5.55. The molecule has 2 aromatic heterocycles. The lowest BCUT2D eigenvalue weighted by molar-refractivity contribution is 0.106. The largest absolute Gasteiger partial charge is 0.491 e. The Morgan fingerprint density at radius 1 is 1.12 bits per heavy atom. The van der Waals surface area contributed by atoms with Crippen LogP contribution in [-0.4, -0.2) is 39.5 Å². The summed E-state index contributed by atoms with van der Waals surface area (Å²) in [4.78, 5) is 4.12. The Morgan fingerprint density at radius 2 is 2.00 bits per heavy atom. The molecule has 2 heterocycles. The summed E-state index contributed by atoms with van der Waals surface area (Å²) < 4.78 is 5.53. The van der Waals surface area contributed by atoms with Crippen molar-refractivity contribution in [1.29, 1.82) is 0 Å². The zero-order valence-electron chi connectivity index (χ0n) is 13.2. The summed E-state index contributed by atoms with van der Waals surface area (Å²) in [5, 5.41) is 20.3. The van der Waals surface area contributed by atoms with Crippen LogP contribution in [0, 0.1) is 0 Å². The number of nitrogens with zero attached hydrogens (tertiary/aromatic N) is 2. The van der Waals surface area contributed by atoms with Crippen LogP contribution in [0.2, 0.25) is 0 Å². The van der Waals surface area contributed by atoms with Crippen LogP contribution < -0.4 is 10.1 Å². The third-order valence-corrected chi connectivity index (χ3v) is 3.55. The maximum Gasteiger partial charge on any atom is 0.119 e. The average molecular weight is 324 g/mol. The summed E-state index contributed by atoms with van der Waals surface area (Å²) in [5.74, 6) is 0.755. The van der Waals surface area contributed by atoms with Gasteiger partial charge in [0.25, 0.3) is 0 Å². The van der Waals surface area contributed by atoms with Crippen molar-refractivity contribution < 1.29 is 9.84 Å². The summed E-state index contributed by atoms with van der Waals surface area (Å²) in [6, 6.07) is 13.3. The second kappa shape index (κ2) is 8.24. The second-order valence-corrected chi connectivity index (χ2v) is 5.42. The number of benzene rings is 1. The van der Waals surface area contributed by atoms with Crippen LogP contribution in [0.1, 0.15) is 5.56 Å². The molecule has 0 aliphatic carbocycles. The lowest BCUT2D eigenvalue weighted by atomic mass is 10.1. The van der Waals surface area contributed by atoms with Gasteiger partial charge >= 0.3 is 0 Å². The first-order chi connectivity index (χ1) is 11.8. The van der Waals surface area contributed by atoms with Crippen molar-refractivity contribution in [2.75, 3.05) is 13.2 Å². The lowest BCUT2D eigenvalue weighted by Gasteiger charge is -2.13. The van der Waals surface area contributed by atoms with E-state index in [1.807, 2.05) is 42.5 Å². The number of aromatic amines is 1. The van der Waals surface area contributed by atoms with E-state index < -0.39 is 6.10 Å². The zero-order valence-corrected chi connectivity index (χ0v) is 13.2. The summed E-state index contributed by atoms with van der Waals surface area (Å²) in [7, 11) is 0. The van der Waals surface area contributed by atoms with Gasteiger partial charge in [-0.25, -0.2) is 0 Å². The van der Waals surface area contributed by atoms with Crippen LogP contribution in [0.4, 0.5) is 0 Å². The van der Waals surface area contributed by atoms with E-state index in [9.17, 15) is 5.11 Å². The number of H-pyrrole nitrogens is 1. The van der Waals surface area contributed by atoms with Gasteiger partial charge < -0.3 is 15.2 Å². The number of ether oxygens (including phenoxy) is 1. The molecule has 0 fully saturated rings. The molecule has 0 radical (unpaired) electrons. The third kappa shape index (κ3) is 4.41. The molecule has 6 nitrogen and oxygen atoms in total. The number of nitrogens with one attached hydrogen (secondary N) is 2. The van der Waals surface area contributed by atoms with E-state index in [1.54, 1.807) is 18.6 Å². The first kappa shape index (κ1) is 16.2.